The van der Waals surface area contributed by atoms with Crippen molar-refractivity contribution in [3.8, 4) is 5.75 Å². The van der Waals surface area contributed by atoms with Crippen molar-refractivity contribution < 1.29 is 14.5 Å². The molecule has 21 heavy (non-hydrogen) atoms. The van der Waals surface area contributed by atoms with E-state index in [1.807, 2.05) is 0 Å². The molecular weight excluding hydrogens is 270 g/mol. The standard InChI is InChI=1S/C16H21NO4/c1-3-12-6-4-5-7-15(12)21-16-9-8-13(17(19)20)10-14(16)11(2)18/h8-10,12,15H,3-7H2,1-2H3. The third kappa shape index (κ3) is 3.60. The fourth-order valence-corrected chi connectivity index (χ4v) is 2.97. The lowest BCUT2D eigenvalue weighted by Gasteiger charge is -2.31. The van der Waals surface area contributed by atoms with Crippen LogP contribution in [0.1, 0.15) is 56.3 Å². The van der Waals surface area contributed by atoms with Gasteiger partial charge in [-0.05, 0) is 44.6 Å². The molecule has 0 bridgehead atoms. The molecule has 0 radical (unpaired) electrons. The first kappa shape index (κ1) is 15.5. The van der Waals surface area contributed by atoms with Crippen molar-refractivity contribution in [2.45, 2.75) is 52.1 Å². The van der Waals surface area contributed by atoms with Crippen molar-refractivity contribution in [1.82, 2.24) is 0 Å². The minimum Gasteiger partial charge on any atom is -0.489 e. The Bertz CT molecular complexity index is 541. The number of carbonyl (C=O) groups excluding carboxylic acids is 1. The van der Waals surface area contributed by atoms with Crippen LogP contribution < -0.4 is 4.74 Å². The molecule has 0 aromatic heterocycles. The van der Waals surface area contributed by atoms with Crippen LogP contribution in [-0.2, 0) is 0 Å². The van der Waals surface area contributed by atoms with Gasteiger partial charge in [0.25, 0.3) is 5.69 Å². The predicted octanol–water partition coefficient (Wildman–Crippen LogP) is 4.15. The highest BCUT2D eigenvalue weighted by Gasteiger charge is 2.27. The van der Waals surface area contributed by atoms with E-state index < -0.39 is 4.92 Å². The van der Waals surface area contributed by atoms with Gasteiger partial charge in [-0.15, -0.1) is 0 Å². The van der Waals surface area contributed by atoms with Gasteiger partial charge in [0.1, 0.15) is 11.9 Å². The van der Waals surface area contributed by atoms with Crippen LogP contribution in [0.15, 0.2) is 18.2 Å². The van der Waals surface area contributed by atoms with Gasteiger partial charge in [-0.1, -0.05) is 13.3 Å². The molecule has 1 aromatic rings. The summed E-state index contributed by atoms with van der Waals surface area (Å²) in [6, 6.07) is 4.25. The average Bonchev–Trinajstić information content (AvgIpc) is 2.47. The van der Waals surface area contributed by atoms with E-state index in [-0.39, 0.29) is 17.6 Å². The number of Topliss-reactive ketones (excluding diaryl/α,β-unsaturated/α-hetero) is 1. The zero-order chi connectivity index (χ0) is 15.4. The van der Waals surface area contributed by atoms with Crippen LogP contribution in [0.5, 0.6) is 5.75 Å². The zero-order valence-corrected chi connectivity index (χ0v) is 12.5. The third-order valence-corrected chi connectivity index (χ3v) is 4.20. The Morgan fingerprint density at radius 3 is 2.71 bits per heavy atom. The van der Waals surface area contributed by atoms with E-state index in [2.05, 4.69) is 6.92 Å². The number of nitro benzene ring substituents is 1. The highest BCUT2D eigenvalue weighted by atomic mass is 16.6. The van der Waals surface area contributed by atoms with E-state index in [4.69, 9.17) is 4.74 Å². The highest BCUT2D eigenvalue weighted by molar-refractivity contribution is 5.97. The fraction of sp³-hybridized carbons (Fsp3) is 0.562. The molecule has 1 aliphatic rings. The number of ether oxygens (including phenoxy) is 1. The lowest BCUT2D eigenvalue weighted by atomic mass is 9.84. The van der Waals surface area contributed by atoms with Crippen molar-refractivity contribution in [2.24, 2.45) is 5.92 Å². The van der Waals surface area contributed by atoms with Crippen LogP contribution in [0.4, 0.5) is 5.69 Å². The molecule has 0 heterocycles. The molecular formula is C16H21NO4. The summed E-state index contributed by atoms with van der Waals surface area (Å²) >= 11 is 0. The van der Waals surface area contributed by atoms with Crippen LogP contribution >= 0.6 is 0 Å². The summed E-state index contributed by atoms with van der Waals surface area (Å²) in [5.74, 6) is 0.754. The van der Waals surface area contributed by atoms with Crippen LogP contribution in [0.25, 0.3) is 0 Å². The molecule has 0 saturated heterocycles. The number of nitro groups is 1. The van der Waals surface area contributed by atoms with E-state index in [0.29, 0.717) is 17.2 Å². The third-order valence-electron chi connectivity index (χ3n) is 4.20. The Morgan fingerprint density at radius 1 is 1.38 bits per heavy atom. The van der Waals surface area contributed by atoms with Gasteiger partial charge in [-0.3, -0.25) is 14.9 Å². The average molecular weight is 291 g/mol. The second-order valence-electron chi connectivity index (χ2n) is 5.60. The van der Waals surface area contributed by atoms with Gasteiger partial charge in [-0.25, -0.2) is 0 Å². The first-order chi connectivity index (χ1) is 10.0. The first-order valence-corrected chi connectivity index (χ1v) is 7.49. The summed E-state index contributed by atoms with van der Waals surface area (Å²) in [5, 5.41) is 10.8. The molecule has 0 amide bonds. The molecule has 2 rings (SSSR count). The maximum atomic E-state index is 11.7. The summed E-state index contributed by atoms with van der Waals surface area (Å²) in [7, 11) is 0. The Hall–Kier alpha value is -1.91. The lowest BCUT2D eigenvalue weighted by molar-refractivity contribution is -0.384. The summed E-state index contributed by atoms with van der Waals surface area (Å²) in [6.45, 7) is 3.55. The van der Waals surface area contributed by atoms with Crippen LogP contribution in [0.2, 0.25) is 0 Å². The van der Waals surface area contributed by atoms with E-state index in [0.717, 1.165) is 25.7 Å². The van der Waals surface area contributed by atoms with Gasteiger partial charge in [0.2, 0.25) is 0 Å². The van der Waals surface area contributed by atoms with Gasteiger partial charge in [0.15, 0.2) is 5.78 Å². The molecule has 5 nitrogen and oxygen atoms in total. The van der Waals surface area contributed by atoms with Gasteiger partial charge in [0, 0.05) is 12.1 Å². The minimum atomic E-state index is -0.494. The predicted molar refractivity (Wildman–Crippen MR) is 79.8 cm³/mol. The molecule has 0 aliphatic heterocycles. The minimum absolute atomic E-state index is 0.0803. The number of non-ortho nitro benzene ring substituents is 1. The van der Waals surface area contributed by atoms with Crippen LogP contribution in [-0.4, -0.2) is 16.8 Å². The monoisotopic (exact) mass is 291 g/mol. The fourth-order valence-electron chi connectivity index (χ4n) is 2.97. The van der Waals surface area contributed by atoms with Crippen molar-refractivity contribution in [1.29, 1.82) is 0 Å². The number of carbonyl (C=O) groups is 1. The Labute approximate surface area is 124 Å². The van der Waals surface area contributed by atoms with E-state index >= 15 is 0 Å². The maximum Gasteiger partial charge on any atom is 0.270 e. The smallest absolute Gasteiger partial charge is 0.270 e. The van der Waals surface area contributed by atoms with Crippen molar-refractivity contribution >= 4 is 11.5 Å². The van der Waals surface area contributed by atoms with E-state index in [9.17, 15) is 14.9 Å². The molecule has 114 valence electrons. The van der Waals surface area contributed by atoms with Crippen molar-refractivity contribution in [2.75, 3.05) is 0 Å². The molecule has 2 unspecified atom stereocenters. The number of hydrogen-bond donors (Lipinski definition) is 0. The molecule has 0 N–H and O–H groups in total. The summed E-state index contributed by atoms with van der Waals surface area (Å²) in [5.41, 5.74) is 0.216. The molecule has 2 atom stereocenters. The second-order valence-corrected chi connectivity index (χ2v) is 5.60. The Balaban J connectivity index is 2.26. The van der Waals surface area contributed by atoms with Crippen LogP contribution in [0.3, 0.4) is 0 Å². The Kier molecular flexibility index (Phi) is 4.94. The lowest BCUT2D eigenvalue weighted by Crippen LogP contribution is -2.30. The summed E-state index contributed by atoms with van der Waals surface area (Å²) in [4.78, 5) is 22.1. The topological polar surface area (TPSA) is 69.4 Å². The first-order valence-electron chi connectivity index (χ1n) is 7.49. The van der Waals surface area contributed by atoms with Crippen LogP contribution in [0, 0.1) is 16.0 Å². The zero-order valence-electron chi connectivity index (χ0n) is 12.5. The number of hydrogen-bond acceptors (Lipinski definition) is 4. The SMILES string of the molecule is CCC1CCCCC1Oc1ccc([N+](=O)[O-])cc1C(C)=O. The normalized spacial score (nSPS) is 21.8. The van der Waals surface area contributed by atoms with Gasteiger partial charge >= 0.3 is 0 Å². The second kappa shape index (κ2) is 6.70. The molecule has 5 heteroatoms. The number of rotatable bonds is 5. The van der Waals surface area contributed by atoms with E-state index in [1.165, 1.54) is 25.5 Å². The van der Waals surface area contributed by atoms with Crippen molar-refractivity contribution in [3.05, 3.63) is 33.9 Å². The summed E-state index contributed by atoms with van der Waals surface area (Å²) in [6.07, 6.45) is 5.62. The number of nitrogens with zero attached hydrogens (tertiary/aromatic N) is 1. The largest absolute Gasteiger partial charge is 0.489 e. The van der Waals surface area contributed by atoms with Gasteiger partial charge in [-0.2, -0.15) is 0 Å². The highest BCUT2D eigenvalue weighted by Crippen LogP contribution is 2.33. The maximum absolute atomic E-state index is 11.7. The molecule has 0 spiro atoms. The molecule has 1 saturated carbocycles. The molecule has 1 fully saturated rings. The van der Waals surface area contributed by atoms with Gasteiger partial charge < -0.3 is 4.74 Å². The number of ketones is 1. The van der Waals surface area contributed by atoms with Crippen molar-refractivity contribution in [3.63, 3.8) is 0 Å². The van der Waals surface area contributed by atoms with Gasteiger partial charge in [0.05, 0.1) is 10.5 Å². The number of benzene rings is 1. The quantitative estimate of drug-likeness (QED) is 0.464. The molecule has 1 aromatic carbocycles. The molecule has 1 aliphatic carbocycles. The van der Waals surface area contributed by atoms with E-state index in [1.54, 1.807) is 6.07 Å². The summed E-state index contributed by atoms with van der Waals surface area (Å²) < 4.78 is 6.04. The Morgan fingerprint density at radius 2 is 2.10 bits per heavy atom.